The molecule has 2 N–H and O–H groups in total. The number of nitrogens with one attached hydrogen (secondary N) is 2. The zero-order valence-electron chi connectivity index (χ0n) is 12.6. The SMILES string of the molecule is COc1ncc(C(=O)NCCn2c(=O)[nH]c3ccsc3c2=O)cn1. The molecule has 3 heterocycles. The van der Waals surface area contributed by atoms with Crippen molar-refractivity contribution < 1.29 is 9.53 Å². The van der Waals surface area contributed by atoms with Gasteiger partial charge in [-0.3, -0.25) is 14.2 Å². The smallest absolute Gasteiger partial charge is 0.328 e. The Morgan fingerprint density at radius 2 is 2.12 bits per heavy atom. The Kier molecular flexibility index (Phi) is 4.38. The van der Waals surface area contributed by atoms with Crippen LogP contribution < -0.4 is 21.3 Å². The highest BCUT2D eigenvalue weighted by Crippen LogP contribution is 2.11. The van der Waals surface area contributed by atoms with Crippen LogP contribution >= 0.6 is 11.3 Å². The van der Waals surface area contributed by atoms with E-state index >= 15 is 0 Å². The number of thiophene rings is 1. The van der Waals surface area contributed by atoms with Crippen LogP contribution in [0.5, 0.6) is 6.01 Å². The third-order valence-electron chi connectivity index (χ3n) is 3.29. The average molecular weight is 347 g/mol. The summed E-state index contributed by atoms with van der Waals surface area (Å²) in [6, 6.07) is 1.84. The summed E-state index contributed by atoms with van der Waals surface area (Å²) in [7, 11) is 1.43. The van der Waals surface area contributed by atoms with E-state index in [-0.39, 0.29) is 30.2 Å². The van der Waals surface area contributed by atoms with E-state index in [1.807, 2.05) is 0 Å². The molecule has 0 radical (unpaired) electrons. The van der Waals surface area contributed by atoms with Crippen molar-refractivity contribution in [3.05, 3.63) is 50.2 Å². The lowest BCUT2D eigenvalue weighted by molar-refractivity contribution is 0.0951. The highest BCUT2D eigenvalue weighted by Gasteiger charge is 2.10. The molecule has 3 aromatic rings. The highest BCUT2D eigenvalue weighted by molar-refractivity contribution is 7.17. The van der Waals surface area contributed by atoms with Crippen LogP contribution in [-0.4, -0.2) is 39.1 Å². The van der Waals surface area contributed by atoms with Crippen LogP contribution in [0.4, 0.5) is 0 Å². The molecule has 0 bridgehead atoms. The molecule has 0 aliphatic heterocycles. The van der Waals surface area contributed by atoms with Gasteiger partial charge in [-0.2, -0.15) is 0 Å². The first-order chi connectivity index (χ1) is 11.6. The summed E-state index contributed by atoms with van der Waals surface area (Å²) < 4.78 is 6.35. The van der Waals surface area contributed by atoms with Gasteiger partial charge in [0, 0.05) is 25.5 Å². The molecule has 24 heavy (non-hydrogen) atoms. The second-order valence-electron chi connectivity index (χ2n) is 4.76. The molecule has 1 amide bonds. The van der Waals surface area contributed by atoms with E-state index in [0.29, 0.717) is 10.2 Å². The fraction of sp³-hybridized carbons (Fsp3) is 0.214. The Labute approximate surface area is 139 Å². The molecule has 0 saturated heterocycles. The van der Waals surface area contributed by atoms with Crippen molar-refractivity contribution in [3.8, 4) is 6.01 Å². The summed E-state index contributed by atoms with van der Waals surface area (Å²) in [6.07, 6.45) is 2.66. The molecular weight excluding hydrogens is 334 g/mol. The van der Waals surface area contributed by atoms with E-state index in [0.717, 1.165) is 4.57 Å². The number of aromatic amines is 1. The topological polar surface area (TPSA) is 119 Å². The van der Waals surface area contributed by atoms with Crippen molar-refractivity contribution in [2.75, 3.05) is 13.7 Å². The van der Waals surface area contributed by atoms with Crippen LogP contribution in [-0.2, 0) is 6.54 Å². The number of hydrogen-bond acceptors (Lipinski definition) is 7. The van der Waals surface area contributed by atoms with Crippen molar-refractivity contribution >= 4 is 27.5 Å². The van der Waals surface area contributed by atoms with Gasteiger partial charge >= 0.3 is 11.7 Å². The molecule has 124 valence electrons. The first-order valence-corrected chi connectivity index (χ1v) is 7.82. The third kappa shape index (κ3) is 3.04. The van der Waals surface area contributed by atoms with Gasteiger partial charge in [-0.15, -0.1) is 11.3 Å². The van der Waals surface area contributed by atoms with E-state index in [4.69, 9.17) is 4.74 Å². The van der Waals surface area contributed by atoms with Gasteiger partial charge < -0.3 is 15.0 Å². The second kappa shape index (κ2) is 6.62. The number of carbonyl (C=O) groups excluding carboxylic acids is 1. The van der Waals surface area contributed by atoms with Gasteiger partial charge in [-0.05, 0) is 11.4 Å². The van der Waals surface area contributed by atoms with Crippen molar-refractivity contribution in [2.45, 2.75) is 6.54 Å². The van der Waals surface area contributed by atoms with Crippen LogP contribution in [0.15, 0.2) is 33.4 Å². The summed E-state index contributed by atoms with van der Waals surface area (Å²) >= 11 is 1.26. The van der Waals surface area contributed by atoms with Crippen LogP contribution in [0, 0.1) is 0 Å². The van der Waals surface area contributed by atoms with E-state index in [1.54, 1.807) is 11.4 Å². The Bertz CT molecular complexity index is 989. The number of rotatable bonds is 5. The van der Waals surface area contributed by atoms with Gasteiger partial charge in [0.15, 0.2) is 0 Å². The fourth-order valence-corrected chi connectivity index (χ4v) is 2.89. The predicted molar refractivity (Wildman–Crippen MR) is 87.6 cm³/mol. The molecule has 3 aromatic heterocycles. The average Bonchev–Trinajstić information content (AvgIpc) is 3.06. The molecular formula is C14H13N5O4S. The molecule has 3 rings (SSSR count). The summed E-state index contributed by atoms with van der Waals surface area (Å²) in [5.74, 6) is -0.403. The standard InChI is InChI=1S/C14H13N5O4S/c1-23-13-16-6-8(7-17-13)11(20)15-3-4-19-12(21)10-9(2-5-24-10)18-14(19)22/h2,5-7H,3-4H2,1H3,(H,15,20)(H,18,22). The molecule has 0 saturated carbocycles. The van der Waals surface area contributed by atoms with E-state index < -0.39 is 11.6 Å². The van der Waals surface area contributed by atoms with Gasteiger partial charge in [-0.25, -0.2) is 14.8 Å². The molecule has 10 heteroatoms. The predicted octanol–water partition coefficient (Wildman–Crippen LogP) is -0.0201. The van der Waals surface area contributed by atoms with Crippen molar-refractivity contribution in [2.24, 2.45) is 0 Å². The monoisotopic (exact) mass is 347 g/mol. The number of methoxy groups -OCH3 is 1. The second-order valence-corrected chi connectivity index (χ2v) is 5.68. The zero-order valence-corrected chi connectivity index (χ0v) is 13.4. The number of nitrogens with zero attached hydrogens (tertiary/aromatic N) is 3. The quantitative estimate of drug-likeness (QED) is 0.669. The lowest BCUT2D eigenvalue weighted by Gasteiger charge is -2.07. The maximum Gasteiger partial charge on any atom is 0.328 e. The van der Waals surface area contributed by atoms with E-state index in [9.17, 15) is 14.4 Å². The number of aromatic nitrogens is 4. The lowest BCUT2D eigenvalue weighted by Crippen LogP contribution is -2.38. The molecule has 0 spiro atoms. The first-order valence-electron chi connectivity index (χ1n) is 6.94. The maximum atomic E-state index is 12.2. The Morgan fingerprint density at radius 3 is 2.83 bits per heavy atom. The lowest BCUT2D eigenvalue weighted by atomic mass is 10.3. The van der Waals surface area contributed by atoms with E-state index in [1.165, 1.54) is 30.8 Å². The fourth-order valence-electron chi connectivity index (χ4n) is 2.10. The van der Waals surface area contributed by atoms with Crippen LogP contribution in [0.3, 0.4) is 0 Å². The molecule has 0 aliphatic rings. The molecule has 0 aromatic carbocycles. The van der Waals surface area contributed by atoms with Gasteiger partial charge in [-0.1, -0.05) is 0 Å². The van der Waals surface area contributed by atoms with Gasteiger partial charge in [0.1, 0.15) is 4.70 Å². The number of hydrogen-bond donors (Lipinski definition) is 2. The highest BCUT2D eigenvalue weighted by atomic mass is 32.1. The van der Waals surface area contributed by atoms with Gasteiger partial charge in [0.05, 0.1) is 18.2 Å². The van der Waals surface area contributed by atoms with Crippen LogP contribution in [0.1, 0.15) is 10.4 Å². The van der Waals surface area contributed by atoms with Crippen molar-refractivity contribution in [3.63, 3.8) is 0 Å². The molecule has 9 nitrogen and oxygen atoms in total. The van der Waals surface area contributed by atoms with Crippen molar-refractivity contribution in [1.29, 1.82) is 0 Å². The summed E-state index contributed by atoms with van der Waals surface area (Å²) in [5, 5.41) is 4.35. The van der Waals surface area contributed by atoms with Crippen LogP contribution in [0.2, 0.25) is 0 Å². The summed E-state index contributed by atoms with van der Waals surface area (Å²) in [4.78, 5) is 46.4. The van der Waals surface area contributed by atoms with Crippen LogP contribution in [0.25, 0.3) is 10.2 Å². The molecule has 0 fully saturated rings. The Balaban J connectivity index is 1.69. The number of ether oxygens (including phenoxy) is 1. The number of amides is 1. The number of H-pyrrole nitrogens is 1. The Hall–Kier alpha value is -3.01. The van der Waals surface area contributed by atoms with Gasteiger partial charge in [0.2, 0.25) is 0 Å². The largest absolute Gasteiger partial charge is 0.467 e. The first kappa shape index (κ1) is 15.9. The minimum Gasteiger partial charge on any atom is -0.467 e. The van der Waals surface area contributed by atoms with E-state index in [2.05, 4.69) is 20.3 Å². The molecule has 0 unspecified atom stereocenters. The summed E-state index contributed by atoms with van der Waals surface area (Å²) in [6.45, 7) is 0.176. The minimum atomic E-state index is -0.507. The third-order valence-corrected chi connectivity index (χ3v) is 4.19. The normalized spacial score (nSPS) is 10.7. The maximum absolute atomic E-state index is 12.2. The zero-order chi connectivity index (χ0) is 17.1. The minimum absolute atomic E-state index is 0.0603. The molecule has 0 atom stereocenters. The summed E-state index contributed by atoms with van der Waals surface area (Å²) in [5.41, 5.74) is -0.102. The Morgan fingerprint density at radius 1 is 1.38 bits per heavy atom. The molecule has 0 aliphatic carbocycles. The van der Waals surface area contributed by atoms with Crippen molar-refractivity contribution in [1.82, 2.24) is 24.8 Å². The van der Waals surface area contributed by atoms with Gasteiger partial charge in [0.25, 0.3) is 11.5 Å². The number of carbonyl (C=O) groups is 1. The number of fused-ring (bicyclic) bond motifs is 1.